The Balaban J connectivity index is -0.0000000326. The lowest BCUT2D eigenvalue weighted by Gasteiger charge is -2.34. The summed E-state index contributed by atoms with van der Waals surface area (Å²) in [5.74, 6) is 0. The van der Waals surface area contributed by atoms with Crippen molar-refractivity contribution >= 4 is 124 Å². The monoisotopic (exact) mass is 1170 g/mol. The van der Waals surface area contributed by atoms with Crippen LogP contribution in [0.4, 0.5) is 0 Å². The minimum Gasteiger partial charge on any atom is -0.442 e. The summed E-state index contributed by atoms with van der Waals surface area (Å²) in [6.07, 6.45) is 0. The van der Waals surface area contributed by atoms with Crippen LogP contribution in [0.25, 0.3) is 0 Å². The van der Waals surface area contributed by atoms with Crippen molar-refractivity contribution in [2.45, 2.75) is 272 Å². The molecule has 24 heteroatoms. The number of rotatable bonds is 20. The minimum absolute atomic E-state index is 0. The van der Waals surface area contributed by atoms with Gasteiger partial charge >= 0.3 is 17.1 Å². The van der Waals surface area contributed by atoms with E-state index in [4.69, 9.17) is 41.2 Å². The average molecular weight is 1170 g/mol. The summed E-state index contributed by atoms with van der Waals surface area (Å²) in [7, 11) is -18.6. The maximum atomic E-state index is 6.14. The van der Waals surface area contributed by atoms with Crippen LogP contribution in [0.3, 0.4) is 0 Å². The van der Waals surface area contributed by atoms with Crippen LogP contribution in [0.15, 0.2) is 0 Å². The highest BCUT2D eigenvalue weighted by Crippen LogP contribution is 2.18. The normalized spacial score (nSPS) is 11.9. The molecule has 0 aromatic heterocycles. The summed E-state index contributed by atoms with van der Waals surface area (Å²) in [5.41, 5.74) is 0. The molecule has 0 saturated carbocycles. The second-order valence-electron chi connectivity index (χ2n) is 18.9. The Morgan fingerprint density at radius 2 is 0.438 bits per heavy atom. The van der Waals surface area contributed by atoms with Crippen molar-refractivity contribution in [2.75, 3.05) is 0 Å². The van der Waals surface area contributed by atoms with Gasteiger partial charge in [0.15, 0.2) is 69.4 Å². The van der Waals surface area contributed by atoms with Gasteiger partial charge in [0.2, 0.25) is 0 Å². The fourth-order valence-corrected chi connectivity index (χ4v) is 47.0. The van der Waals surface area contributed by atoms with Crippen molar-refractivity contribution in [3.63, 3.8) is 0 Å². The van der Waals surface area contributed by atoms with Gasteiger partial charge in [-0.05, 0) is 183 Å². The van der Waals surface area contributed by atoms with Crippen LogP contribution in [0.2, 0.25) is 183 Å². The third-order valence-electron chi connectivity index (χ3n) is 4.92. The van der Waals surface area contributed by atoms with Gasteiger partial charge in [-0.3, -0.25) is 0 Å². The number of hydrogen-bond donors (Lipinski definition) is 0. The SMILES string of the molecule is C.C.C.C.C.C.C.C.C.C.C.C.C[SiH](C)O[SiH](C)O[SiH](C)C.C[SiH](C)O[SiH](C)O[Si](C)(C)O[SiH](C)C.C[SiH](O[Si](C)(C)C)O[Si](C)(C)C.C[SiH](O[Si](C)(C)C)O[Si](C)(C)O[Si](C)(C)C. The van der Waals surface area contributed by atoms with Crippen LogP contribution in [0.1, 0.15) is 89.1 Å². The fraction of sp³-hybridized carbons (Fsp3) is 1.00. The molecule has 0 fully saturated rings. The van der Waals surface area contributed by atoms with E-state index in [1.54, 1.807) is 0 Å². The Kier molecular flexibility index (Phi) is 90.9. The first-order valence-electron chi connectivity index (χ1n) is 19.4. The molecule has 0 bridgehead atoms. The molecule has 0 rings (SSSR count). The molecular formula is C40H140O10Si14. The smallest absolute Gasteiger partial charge is 0.312 e. The van der Waals surface area contributed by atoms with Crippen LogP contribution >= 0.6 is 0 Å². The van der Waals surface area contributed by atoms with E-state index in [9.17, 15) is 0 Å². The van der Waals surface area contributed by atoms with Crippen LogP contribution in [0.5, 0.6) is 0 Å². The van der Waals surface area contributed by atoms with Crippen molar-refractivity contribution in [2.24, 2.45) is 0 Å². The summed E-state index contributed by atoms with van der Waals surface area (Å²) in [4.78, 5) is 0. The van der Waals surface area contributed by atoms with Gasteiger partial charge in [-0.15, -0.1) is 0 Å². The minimum atomic E-state index is -1.98. The molecule has 0 aromatic rings. The zero-order valence-corrected chi connectivity index (χ0v) is 54.9. The van der Waals surface area contributed by atoms with Gasteiger partial charge < -0.3 is 41.2 Å². The van der Waals surface area contributed by atoms with E-state index >= 15 is 0 Å². The van der Waals surface area contributed by atoms with E-state index in [2.05, 4.69) is 183 Å². The first-order chi connectivity index (χ1) is 22.7. The molecule has 0 spiro atoms. The molecule has 0 N–H and O–H groups in total. The Labute approximate surface area is 434 Å². The summed E-state index contributed by atoms with van der Waals surface area (Å²) in [5, 5.41) is 0. The predicted molar refractivity (Wildman–Crippen MR) is 348 cm³/mol. The Morgan fingerprint density at radius 1 is 0.219 bits per heavy atom. The van der Waals surface area contributed by atoms with Crippen molar-refractivity contribution in [1.29, 1.82) is 0 Å². The summed E-state index contributed by atoms with van der Waals surface area (Å²) in [6.45, 7) is 60.9. The third-order valence-corrected chi connectivity index (χ3v) is 44.3. The summed E-state index contributed by atoms with van der Waals surface area (Å²) >= 11 is 0. The maximum absolute atomic E-state index is 6.14. The van der Waals surface area contributed by atoms with E-state index in [1.165, 1.54) is 0 Å². The fourth-order valence-electron chi connectivity index (χ4n) is 4.91. The summed E-state index contributed by atoms with van der Waals surface area (Å²) < 4.78 is 59.0. The molecule has 0 amide bonds. The van der Waals surface area contributed by atoms with Crippen molar-refractivity contribution in [3.05, 3.63) is 0 Å². The van der Waals surface area contributed by atoms with Gasteiger partial charge in [0.1, 0.15) is 0 Å². The standard InChI is InChI=1S/C9H28O3Si4.C7H24O3Si4.C7H22O2Si3.C5H18O2Si3.12CH4/c1-13(10-14(2,3)4)11-16(8,9)12-15(5,6)7;1-11(2)8-13(5)10-14(6,7)9-12(3)4;1-10(8-11(2,3)4)9-12(5,6)7;1-8(2)6-10(5)7-9(3)4;;;;;;;;;;;;/h13H,1-9H3;11-13H,1-7H3;10H,1-7H3;8-10H,1-5H3;12*1H4. The highest BCUT2D eigenvalue weighted by atomic mass is 28.5. The molecule has 64 heavy (non-hydrogen) atoms. The second kappa shape index (κ2) is 52.0. The molecule has 0 heterocycles. The second-order valence-corrected chi connectivity index (χ2v) is 64.1. The first-order valence-corrected chi connectivity index (χ1v) is 58.2. The largest absolute Gasteiger partial charge is 0.442 e. The van der Waals surface area contributed by atoms with E-state index in [-0.39, 0.29) is 89.1 Å². The average Bonchev–Trinajstić information content (AvgIpc) is 2.70. The Hall–Kier alpha value is 2.64. The maximum Gasteiger partial charge on any atom is 0.312 e. The predicted octanol–water partition coefficient (Wildman–Crippen LogP) is 15.8. The quantitative estimate of drug-likeness (QED) is 0.110. The first kappa shape index (κ1) is 112. The van der Waals surface area contributed by atoms with E-state index in [1.807, 2.05) is 0 Å². The molecule has 2 unspecified atom stereocenters. The van der Waals surface area contributed by atoms with Gasteiger partial charge in [-0.25, -0.2) is 0 Å². The molecule has 0 saturated heterocycles. The van der Waals surface area contributed by atoms with E-state index in [0.29, 0.717) is 0 Å². The molecule has 0 aliphatic carbocycles. The lowest BCUT2D eigenvalue weighted by Crippen LogP contribution is -2.49. The van der Waals surface area contributed by atoms with Crippen molar-refractivity contribution in [3.8, 4) is 0 Å². The zero-order valence-electron chi connectivity index (χ0n) is 39.7. The molecule has 10 nitrogen and oxygen atoms in total. The molecule has 0 aliphatic heterocycles. The van der Waals surface area contributed by atoms with E-state index in [0.717, 1.165) is 0 Å². The van der Waals surface area contributed by atoms with Gasteiger partial charge in [0.25, 0.3) is 37.1 Å². The molecule has 2 atom stereocenters. The van der Waals surface area contributed by atoms with Gasteiger partial charge in [0, 0.05) is 0 Å². The molecular weight excluding hydrogens is 1030 g/mol. The molecule has 0 radical (unpaired) electrons. The lowest BCUT2D eigenvalue weighted by atomic mass is 11.8. The lowest BCUT2D eigenvalue weighted by molar-refractivity contribution is 0.352. The Morgan fingerprint density at radius 3 is 0.641 bits per heavy atom. The van der Waals surface area contributed by atoms with Crippen LogP contribution in [0, 0.1) is 0 Å². The highest BCUT2D eigenvalue weighted by Gasteiger charge is 2.35. The highest BCUT2D eigenvalue weighted by molar-refractivity contribution is 6.85. The topological polar surface area (TPSA) is 92.3 Å². The van der Waals surface area contributed by atoms with Crippen LogP contribution in [-0.2, 0) is 41.2 Å². The number of hydrogen-bond acceptors (Lipinski definition) is 10. The molecule has 0 aromatic carbocycles. The third kappa shape index (κ3) is 102. The van der Waals surface area contributed by atoms with Crippen molar-refractivity contribution in [1.82, 2.24) is 0 Å². The molecule has 416 valence electrons. The summed E-state index contributed by atoms with van der Waals surface area (Å²) in [6, 6.07) is 0. The zero-order chi connectivity index (χ0) is 42.7. The van der Waals surface area contributed by atoms with Crippen molar-refractivity contribution < 1.29 is 41.2 Å². The van der Waals surface area contributed by atoms with Gasteiger partial charge in [-0.1, -0.05) is 89.1 Å². The van der Waals surface area contributed by atoms with E-state index < -0.39 is 124 Å². The van der Waals surface area contributed by atoms with Crippen LogP contribution < -0.4 is 0 Å². The molecule has 0 aliphatic rings. The van der Waals surface area contributed by atoms with Crippen LogP contribution in [-0.4, -0.2) is 124 Å². The van der Waals surface area contributed by atoms with Gasteiger partial charge in [0.05, 0.1) is 0 Å². The Bertz CT molecular complexity index is 863. The van der Waals surface area contributed by atoms with Gasteiger partial charge in [-0.2, -0.15) is 0 Å².